The summed E-state index contributed by atoms with van der Waals surface area (Å²) in [7, 11) is -3.79. The van der Waals surface area contributed by atoms with Crippen molar-refractivity contribution < 1.29 is 28.1 Å². The lowest BCUT2D eigenvalue weighted by atomic mass is 10.1. The van der Waals surface area contributed by atoms with Crippen LogP contribution < -0.4 is 14.2 Å². The van der Waals surface area contributed by atoms with Crippen LogP contribution in [-0.4, -0.2) is 50.6 Å². The summed E-state index contributed by atoms with van der Waals surface area (Å²) in [6.07, 6.45) is 0. The Morgan fingerprint density at radius 3 is 2.60 bits per heavy atom. The van der Waals surface area contributed by atoms with Crippen molar-refractivity contribution in [3.05, 3.63) is 18.2 Å². The fourth-order valence-electron chi connectivity index (χ4n) is 1.58. The third kappa shape index (κ3) is 3.40. The number of rotatable bonds is 5. The Bertz CT molecular complexity index is 584. The highest BCUT2D eigenvalue weighted by Gasteiger charge is 2.24. The number of aliphatic hydroxyl groups is 2. The van der Waals surface area contributed by atoms with Gasteiger partial charge in [0, 0.05) is 12.6 Å². The van der Waals surface area contributed by atoms with Crippen LogP contribution in [0.5, 0.6) is 11.5 Å². The van der Waals surface area contributed by atoms with Crippen molar-refractivity contribution in [2.24, 2.45) is 0 Å². The second kappa shape index (κ2) is 5.57. The minimum atomic E-state index is -3.79. The van der Waals surface area contributed by atoms with E-state index in [2.05, 4.69) is 4.72 Å². The molecule has 1 unspecified atom stereocenters. The van der Waals surface area contributed by atoms with Gasteiger partial charge in [0.05, 0.1) is 17.1 Å². The molecule has 0 spiro atoms. The van der Waals surface area contributed by atoms with Crippen LogP contribution in [0.2, 0.25) is 0 Å². The lowest BCUT2D eigenvalue weighted by molar-refractivity contribution is 0.00681. The van der Waals surface area contributed by atoms with Crippen LogP contribution >= 0.6 is 0 Å². The molecule has 0 aliphatic carbocycles. The minimum absolute atomic E-state index is 0.00971. The smallest absolute Gasteiger partial charge is 0.240 e. The number of aliphatic hydroxyl groups excluding tert-OH is 1. The monoisotopic (exact) mass is 303 g/mol. The number of benzene rings is 1. The molecule has 0 saturated carbocycles. The first-order chi connectivity index (χ1) is 9.34. The van der Waals surface area contributed by atoms with E-state index in [1.54, 1.807) is 0 Å². The molecule has 0 fully saturated rings. The van der Waals surface area contributed by atoms with Crippen molar-refractivity contribution in [1.29, 1.82) is 0 Å². The number of nitrogens with one attached hydrogen (secondary N) is 1. The van der Waals surface area contributed by atoms with Gasteiger partial charge in [0.2, 0.25) is 10.0 Å². The molecule has 1 aromatic rings. The molecule has 0 amide bonds. The van der Waals surface area contributed by atoms with Gasteiger partial charge in [-0.25, -0.2) is 13.1 Å². The summed E-state index contributed by atoms with van der Waals surface area (Å²) < 4.78 is 37.0. The number of hydrogen-bond donors (Lipinski definition) is 3. The molecule has 20 heavy (non-hydrogen) atoms. The van der Waals surface area contributed by atoms with Gasteiger partial charge >= 0.3 is 0 Å². The summed E-state index contributed by atoms with van der Waals surface area (Å²) in [4.78, 5) is 0.00971. The molecule has 8 heteroatoms. The van der Waals surface area contributed by atoms with Crippen LogP contribution in [-0.2, 0) is 10.0 Å². The first kappa shape index (κ1) is 15.0. The van der Waals surface area contributed by atoms with Crippen LogP contribution in [0.25, 0.3) is 0 Å². The van der Waals surface area contributed by atoms with Gasteiger partial charge in [-0.1, -0.05) is 0 Å². The molecule has 0 bridgehead atoms. The number of fused-ring (bicyclic) bond motifs is 1. The van der Waals surface area contributed by atoms with Crippen LogP contribution in [0.15, 0.2) is 23.1 Å². The summed E-state index contributed by atoms with van der Waals surface area (Å²) >= 11 is 0. The van der Waals surface area contributed by atoms with E-state index in [4.69, 9.17) is 14.6 Å². The van der Waals surface area contributed by atoms with Crippen molar-refractivity contribution in [2.75, 3.05) is 26.4 Å². The maximum atomic E-state index is 12.1. The van der Waals surface area contributed by atoms with Crippen molar-refractivity contribution in [3.8, 4) is 11.5 Å². The van der Waals surface area contributed by atoms with Crippen molar-refractivity contribution in [2.45, 2.75) is 17.4 Å². The molecule has 0 aromatic heterocycles. The van der Waals surface area contributed by atoms with E-state index in [1.165, 1.54) is 25.1 Å². The zero-order chi connectivity index (χ0) is 14.8. The third-order valence-corrected chi connectivity index (χ3v) is 4.21. The summed E-state index contributed by atoms with van der Waals surface area (Å²) in [6, 6.07) is 4.28. The van der Waals surface area contributed by atoms with E-state index in [9.17, 15) is 13.5 Å². The molecule has 1 heterocycles. The molecular formula is C12H17NO6S. The lowest BCUT2D eigenvalue weighted by Gasteiger charge is -2.21. The van der Waals surface area contributed by atoms with Gasteiger partial charge in [0.15, 0.2) is 11.5 Å². The molecule has 0 radical (unpaired) electrons. The predicted octanol–water partition coefficient (Wildman–Crippen LogP) is -0.521. The van der Waals surface area contributed by atoms with Crippen molar-refractivity contribution in [3.63, 3.8) is 0 Å². The molecular weight excluding hydrogens is 286 g/mol. The van der Waals surface area contributed by atoms with Gasteiger partial charge in [-0.15, -0.1) is 0 Å². The Kier molecular flexibility index (Phi) is 4.19. The number of hydrogen-bond acceptors (Lipinski definition) is 6. The number of sulfonamides is 1. The Morgan fingerprint density at radius 2 is 1.95 bits per heavy atom. The highest BCUT2D eigenvalue weighted by molar-refractivity contribution is 7.89. The third-order valence-electron chi connectivity index (χ3n) is 2.81. The average molecular weight is 303 g/mol. The quantitative estimate of drug-likeness (QED) is 0.676. The van der Waals surface area contributed by atoms with Gasteiger partial charge in [-0.2, -0.15) is 0 Å². The van der Waals surface area contributed by atoms with E-state index in [0.717, 1.165) is 0 Å². The molecule has 3 N–H and O–H groups in total. The van der Waals surface area contributed by atoms with Gasteiger partial charge in [-0.05, 0) is 19.1 Å². The van der Waals surface area contributed by atoms with E-state index in [0.29, 0.717) is 24.7 Å². The summed E-state index contributed by atoms with van der Waals surface area (Å²) in [5, 5.41) is 18.5. The molecule has 0 saturated heterocycles. The summed E-state index contributed by atoms with van der Waals surface area (Å²) in [5.74, 6) is 0.866. The van der Waals surface area contributed by atoms with Crippen LogP contribution in [0, 0.1) is 0 Å². The van der Waals surface area contributed by atoms with Crippen LogP contribution in [0.1, 0.15) is 6.92 Å². The minimum Gasteiger partial charge on any atom is -0.486 e. The normalized spacial score (nSPS) is 17.6. The van der Waals surface area contributed by atoms with Crippen molar-refractivity contribution >= 4 is 10.0 Å². The Labute approximate surface area is 117 Å². The Balaban J connectivity index is 2.17. The Morgan fingerprint density at radius 1 is 1.30 bits per heavy atom. The molecule has 1 aromatic carbocycles. The molecule has 1 atom stereocenters. The van der Waals surface area contributed by atoms with E-state index < -0.39 is 22.2 Å². The van der Waals surface area contributed by atoms with E-state index >= 15 is 0 Å². The van der Waals surface area contributed by atoms with Crippen LogP contribution in [0.3, 0.4) is 0 Å². The predicted molar refractivity (Wildman–Crippen MR) is 70.3 cm³/mol. The van der Waals surface area contributed by atoms with Crippen LogP contribution in [0.4, 0.5) is 0 Å². The van der Waals surface area contributed by atoms with Gasteiger partial charge < -0.3 is 19.7 Å². The van der Waals surface area contributed by atoms with Gasteiger partial charge in [-0.3, -0.25) is 0 Å². The van der Waals surface area contributed by atoms with E-state index in [1.807, 2.05) is 0 Å². The molecule has 1 aliphatic rings. The average Bonchev–Trinajstić information content (AvgIpc) is 2.45. The zero-order valence-electron chi connectivity index (χ0n) is 11.0. The molecule has 1 aliphatic heterocycles. The first-order valence-corrected chi connectivity index (χ1v) is 7.55. The van der Waals surface area contributed by atoms with Gasteiger partial charge in [0.1, 0.15) is 13.2 Å². The molecule has 2 rings (SSSR count). The fraction of sp³-hybridized carbons (Fsp3) is 0.500. The van der Waals surface area contributed by atoms with E-state index in [-0.39, 0.29) is 11.4 Å². The topological polar surface area (TPSA) is 105 Å². The summed E-state index contributed by atoms with van der Waals surface area (Å²) in [6.45, 7) is 1.29. The summed E-state index contributed by atoms with van der Waals surface area (Å²) in [5.41, 5.74) is -1.51. The van der Waals surface area contributed by atoms with Gasteiger partial charge in [0.25, 0.3) is 0 Å². The Hall–Kier alpha value is -1.35. The molecule has 7 nitrogen and oxygen atoms in total. The zero-order valence-corrected chi connectivity index (χ0v) is 11.8. The second-order valence-electron chi connectivity index (χ2n) is 4.79. The first-order valence-electron chi connectivity index (χ1n) is 6.07. The fourth-order valence-corrected chi connectivity index (χ4v) is 2.76. The maximum Gasteiger partial charge on any atom is 0.240 e. The lowest BCUT2D eigenvalue weighted by Crippen LogP contribution is -2.43. The molecule has 112 valence electrons. The van der Waals surface area contributed by atoms with Crippen molar-refractivity contribution in [1.82, 2.24) is 4.72 Å². The second-order valence-corrected chi connectivity index (χ2v) is 6.55. The maximum absolute atomic E-state index is 12.1. The standard InChI is InChI=1S/C12H17NO6S/c1-12(15,8-14)7-13-20(16,17)9-2-3-10-11(6-9)19-5-4-18-10/h2-3,6,13-15H,4-5,7-8H2,1H3. The highest BCUT2D eigenvalue weighted by Crippen LogP contribution is 2.32. The highest BCUT2D eigenvalue weighted by atomic mass is 32.2. The largest absolute Gasteiger partial charge is 0.486 e. The SMILES string of the molecule is CC(O)(CO)CNS(=O)(=O)c1ccc2c(c1)OCCO2. The number of ether oxygens (including phenoxy) is 2.